The summed E-state index contributed by atoms with van der Waals surface area (Å²) in [6.07, 6.45) is -1.10. The van der Waals surface area contributed by atoms with Gasteiger partial charge in [0.1, 0.15) is 5.82 Å². The summed E-state index contributed by atoms with van der Waals surface area (Å²) in [6, 6.07) is 2.10. The Morgan fingerprint density at radius 2 is 2.16 bits per heavy atom. The standard InChI is InChI=1S/C13H18F3N3/c1-2-3-9-7-19(8-11(9)17)12-6-10(4-5-18-12)13(14,15)16/h4-6,9,11H,2-3,7-8,17H2,1H3/t9-,11-/m1/s1. The second-order valence-corrected chi connectivity index (χ2v) is 5.02. The van der Waals surface area contributed by atoms with E-state index in [0.717, 1.165) is 25.0 Å². The summed E-state index contributed by atoms with van der Waals surface area (Å²) in [5, 5.41) is 0. The summed E-state index contributed by atoms with van der Waals surface area (Å²) >= 11 is 0. The molecule has 2 heterocycles. The Labute approximate surface area is 110 Å². The van der Waals surface area contributed by atoms with Gasteiger partial charge in [-0.2, -0.15) is 13.2 Å². The molecule has 2 rings (SSSR count). The Bertz CT molecular complexity index is 433. The number of hydrogen-bond acceptors (Lipinski definition) is 3. The van der Waals surface area contributed by atoms with Crippen LogP contribution in [0.2, 0.25) is 0 Å². The molecule has 0 amide bonds. The van der Waals surface area contributed by atoms with Crippen molar-refractivity contribution in [1.29, 1.82) is 0 Å². The monoisotopic (exact) mass is 273 g/mol. The maximum Gasteiger partial charge on any atom is 0.416 e. The van der Waals surface area contributed by atoms with E-state index >= 15 is 0 Å². The van der Waals surface area contributed by atoms with Gasteiger partial charge >= 0.3 is 6.18 Å². The first-order valence-electron chi connectivity index (χ1n) is 6.45. The molecular weight excluding hydrogens is 255 g/mol. The molecule has 1 saturated heterocycles. The van der Waals surface area contributed by atoms with E-state index in [9.17, 15) is 13.2 Å². The van der Waals surface area contributed by atoms with Crippen LogP contribution in [0.1, 0.15) is 25.3 Å². The van der Waals surface area contributed by atoms with Crippen LogP contribution in [0.4, 0.5) is 19.0 Å². The molecule has 1 fully saturated rings. The first kappa shape index (κ1) is 14.1. The molecule has 1 aliphatic rings. The molecule has 0 unspecified atom stereocenters. The quantitative estimate of drug-likeness (QED) is 0.920. The molecule has 0 radical (unpaired) electrons. The molecule has 1 aromatic rings. The average molecular weight is 273 g/mol. The number of rotatable bonds is 3. The first-order chi connectivity index (χ1) is 8.91. The summed E-state index contributed by atoms with van der Waals surface area (Å²) in [5.74, 6) is 0.699. The zero-order chi connectivity index (χ0) is 14.0. The Morgan fingerprint density at radius 3 is 2.79 bits per heavy atom. The van der Waals surface area contributed by atoms with Crippen LogP contribution in [-0.4, -0.2) is 24.1 Å². The van der Waals surface area contributed by atoms with Crippen molar-refractivity contribution >= 4 is 5.82 Å². The third-order valence-corrected chi connectivity index (χ3v) is 3.55. The van der Waals surface area contributed by atoms with Crippen molar-refractivity contribution in [1.82, 2.24) is 4.98 Å². The van der Waals surface area contributed by atoms with Gasteiger partial charge in [0.2, 0.25) is 0 Å². The molecule has 3 nitrogen and oxygen atoms in total. The minimum Gasteiger partial charge on any atom is -0.355 e. The molecule has 1 aliphatic heterocycles. The fraction of sp³-hybridized carbons (Fsp3) is 0.615. The summed E-state index contributed by atoms with van der Waals surface area (Å²) in [4.78, 5) is 5.88. The lowest BCUT2D eigenvalue weighted by atomic mass is 9.99. The number of nitrogens with two attached hydrogens (primary N) is 1. The van der Waals surface area contributed by atoms with Crippen LogP contribution < -0.4 is 10.6 Å². The van der Waals surface area contributed by atoms with Gasteiger partial charge in [0.05, 0.1) is 5.56 Å². The molecule has 0 saturated carbocycles. The van der Waals surface area contributed by atoms with E-state index in [1.165, 1.54) is 6.20 Å². The zero-order valence-electron chi connectivity index (χ0n) is 10.8. The molecule has 6 heteroatoms. The van der Waals surface area contributed by atoms with E-state index in [1.54, 1.807) is 0 Å². The molecule has 19 heavy (non-hydrogen) atoms. The number of pyridine rings is 1. The predicted molar refractivity (Wildman–Crippen MR) is 67.8 cm³/mol. The topological polar surface area (TPSA) is 42.2 Å². The Hall–Kier alpha value is -1.30. The summed E-state index contributed by atoms with van der Waals surface area (Å²) in [6.45, 7) is 3.33. The number of nitrogens with zero attached hydrogens (tertiary/aromatic N) is 2. The third kappa shape index (κ3) is 3.18. The molecule has 0 spiro atoms. The first-order valence-corrected chi connectivity index (χ1v) is 6.45. The van der Waals surface area contributed by atoms with Gasteiger partial charge in [-0.05, 0) is 24.5 Å². The Balaban J connectivity index is 2.15. The number of halogens is 3. The van der Waals surface area contributed by atoms with Crippen molar-refractivity contribution in [2.75, 3.05) is 18.0 Å². The zero-order valence-corrected chi connectivity index (χ0v) is 10.8. The smallest absolute Gasteiger partial charge is 0.355 e. The van der Waals surface area contributed by atoms with E-state index in [1.807, 2.05) is 4.90 Å². The van der Waals surface area contributed by atoms with E-state index < -0.39 is 11.7 Å². The van der Waals surface area contributed by atoms with Crippen molar-refractivity contribution in [3.05, 3.63) is 23.9 Å². The van der Waals surface area contributed by atoms with Gasteiger partial charge in [-0.1, -0.05) is 13.3 Å². The van der Waals surface area contributed by atoms with Crippen molar-refractivity contribution in [2.24, 2.45) is 11.7 Å². The van der Waals surface area contributed by atoms with Gasteiger partial charge in [0.25, 0.3) is 0 Å². The molecule has 106 valence electrons. The van der Waals surface area contributed by atoms with Gasteiger partial charge in [-0.15, -0.1) is 0 Å². The van der Waals surface area contributed by atoms with Crippen molar-refractivity contribution in [2.45, 2.75) is 32.0 Å². The van der Waals surface area contributed by atoms with Gasteiger partial charge in [-0.3, -0.25) is 0 Å². The number of hydrogen-bond donors (Lipinski definition) is 1. The van der Waals surface area contributed by atoms with Crippen molar-refractivity contribution in [3.8, 4) is 0 Å². The molecular formula is C13H18F3N3. The fourth-order valence-electron chi connectivity index (χ4n) is 2.53. The maximum absolute atomic E-state index is 12.7. The highest BCUT2D eigenvalue weighted by Gasteiger charge is 2.33. The van der Waals surface area contributed by atoms with Crippen molar-refractivity contribution in [3.63, 3.8) is 0 Å². The van der Waals surface area contributed by atoms with Crippen LogP contribution in [0.15, 0.2) is 18.3 Å². The molecule has 0 bridgehead atoms. The molecule has 2 N–H and O–H groups in total. The minimum atomic E-state index is -4.33. The molecule has 0 aliphatic carbocycles. The largest absolute Gasteiger partial charge is 0.416 e. The SMILES string of the molecule is CCC[C@@H]1CN(c2cc(C(F)(F)F)ccn2)C[C@H]1N. The van der Waals surface area contributed by atoms with Gasteiger partial charge in [-0.25, -0.2) is 4.98 Å². The lowest BCUT2D eigenvalue weighted by Gasteiger charge is -2.18. The van der Waals surface area contributed by atoms with Crippen LogP contribution in [0.3, 0.4) is 0 Å². The number of alkyl halides is 3. The number of aromatic nitrogens is 1. The van der Waals surface area contributed by atoms with E-state index in [2.05, 4.69) is 11.9 Å². The van der Waals surface area contributed by atoms with Crippen LogP contribution >= 0.6 is 0 Å². The second kappa shape index (κ2) is 5.36. The van der Waals surface area contributed by atoms with E-state index in [4.69, 9.17) is 5.73 Å². The average Bonchev–Trinajstić information content (AvgIpc) is 2.71. The number of anilines is 1. The summed E-state index contributed by atoms with van der Waals surface area (Å²) < 4.78 is 38.0. The lowest BCUT2D eigenvalue weighted by molar-refractivity contribution is -0.137. The normalized spacial score (nSPS) is 23.9. The van der Waals surface area contributed by atoms with Crippen molar-refractivity contribution < 1.29 is 13.2 Å². The van der Waals surface area contributed by atoms with E-state index in [-0.39, 0.29) is 6.04 Å². The molecule has 0 aromatic carbocycles. The highest BCUT2D eigenvalue weighted by molar-refractivity contribution is 5.43. The highest BCUT2D eigenvalue weighted by Crippen LogP contribution is 2.32. The van der Waals surface area contributed by atoms with Gasteiger partial charge in [0.15, 0.2) is 0 Å². The highest BCUT2D eigenvalue weighted by atomic mass is 19.4. The Kier molecular flexibility index (Phi) is 3.99. The van der Waals surface area contributed by atoms with Crippen LogP contribution in [0.25, 0.3) is 0 Å². The van der Waals surface area contributed by atoms with Crippen LogP contribution in [0, 0.1) is 5.92 Å². The maximum atomic E-state index is 12.7. The second-order valence-electron chi connectivity index (χ2n) is 5.02. The van der Waals surface area contributed by atoms with Crippen LogP contribution in [0.5, 0.6) is 0 Å². The fourth-order valence-corrected chi connectivity index (χ4v) is 2.53. The summed E-state index contributed by atoms with van der Waals surface area (Å²) in [5.41, 5.74) is 5.36. The molecule has 2 atom stereocenters. The summed E-state index contributed by atoms with van der Waals surface area (Å²) in [7, 11) is 0. The molecule has 1 aromatic heterocycles. The minimum absolute atomic E-state index is 0.0105. The third-order valence-electron chi connectivity index (χ3n) is 3.55. The van der Waals surface area contributed by atoms with Gasteiger partial charge < -0.3 is 10.6 Å². The van der Waals surface area contributed by atoms with Crippen LogP contribution in [-0.2, 0) is 6.18 Å². The van der Waals surface area contributed by atoms with Gasteiger partial charge in [0, 0.05) is 25.3 Å². The lowest BCUT2D eigenvalue weighted by Crippen LogP contribution is -2.29. The predicted octanol–water partition coefficient (Wildman–Crippen LogP) is 2.66. The Morgan fingerprint density at radius 1 is 1.42 bits per heavy atom. The van der Waals surface area contributed by atoms with E-state index in [0.29, 0.717) is 24.8 Å².